The van der Waals surface area contributed by atoms with Gasteiger partial charge in [-0.2, -0.15) is 5.10 Å². The maximum Gasteiger partial charge on any atom is 0.263 e. The van der Waals surface area contributed by atoms with Crippen molar-refractivity contribution in [2.24, 2.45) is 0 Å². The number of hydrogen-bond acceptors (Lipinski definition) is 6. The van der Waals surface area contributed by atoms with Gasteiger partial charge in [-0.25, -0.2) is 9.07 Å². The SMILES string of the molecule is C=CCn1c(=O)c2ccccc2n2c(SCC(=O)Nc3ccc(-n4cccn4)c(F)c3)nnc12. The molecule has 0 unspecified atom stereocenters. The highest BCUT2D eigenvalue weighted by Gasteiger charge is 2.17. The average molecular weight is 476 g/mol. The Morgan fingerprint density at radius 2 is 2.03 bits per heavy atom. The number of anilines is 1. The van der Waals surface area contributed by atoms with Gasteiger partial charge in [0, 0.05) is 24.6 Å². The van der Waals surface area contributed by atoms with E-state index in [0.29, 0.717) is 27.5 Å². The monoisotopic (exact) mass is 475 g/mol. The lowest BCUT2D eigenvalue weighted by Crippen LogP contribution is -2.22. The third-order valence-corrected chi connectivity index (χ3v) is 6.03. The fraction of sp³-hybridized carbons (Fsp3) is 0.0870. The van der Waals surface area contributed by atoms with E-state index >= 15 is 0 Å². The zero-order valence-corrected chi connectivity index (χ0v) is 18.6. The van der Waals surface area contributed by atoms with Crippen LogP contribution in [0.4, 0.5) is 10.1 Å². The number of carbonyl (C=O) groups excluding carboxylic acids is 1. The highest BCUT2D eigenvalue weighted by atomic mass is 32.2. The van der Waals surface area contributed by atoms with Gasteiger partial charge in [0.1, 0.15) is 5.69 Å². The Morgan fingerprint density at radius 3 is 2.79 bits per heavy atom. The molecule has 1 N–H and O–H groups in total. The molecule has 0 aliphatic rings. The van der Waals surface area contributed by atoms with Crippen LogP contribution >= 0.6 is 11.8 Å². The molecule has 5 rings (SSSR count). The van der Waals surface area contributed by atoms with Gasteiger partial charge in [-0.15, -0.1) is 16.8 Å². The molecule has 170 valence electrons. The van der Waals surface area contributed by atoms with Crippen molar-refractivity contribution >= 4 is 40.0 Å². The molecular formula is C23H18FN7O2S. The number of allylic oxidation sites excluding steroid dienone is 1. The van der Waals surface area contributed by atoms with Crippen molar-refractivity contribution < 1.29 is 9.18 Å². The molecular weight excluding hydrogens is 457 g/mol. The van der Waals surface area contributed by atoms with E-state index in [1.54, 1.807) is 59.3 Å². The van der Waals surface area contributed by atoms with Crippen molar-refractivity contribution in [3.05, 3.63) is 89.8 Å². The maximum absolute atomic E-state index is 14.5. The summed E-state index contributed by atoms with van der Waals surface area (Å²) in [6.45, 7) is 3.98. The van der Waals surface area contributed by atoms with Crippen LogP contribution in [0.2, 0.25) is 0 Å². The van der Waals surface area contributed by atoms with Gasteiger partial charge in [-0.3, -0.25) is 18.6 Å². The Kier molecular flexibility index (Phi) is 5.68. The molecule has 0 aliphatic carbocycles. The molecule has 0 saturated heterocycles. The first kappa shape index (κ1) is 21.6. The molecule has 11 heteroatoms. The molecule has 2 aromatic carbocycles. The van der Waals surface area contributed by atoms with Crippen LogP contribution in [0.15, 0.2) is 83.5 Å². The Labute approximate surface area is 196 Å². The highest BCUT2D eigenvalue weighted by Crippen LogP contribution is 2.22. The predicted octanol–water partition coefficient (Wildman–Crippen LogP) is 3.29. The van der Waals surface area contributed by atoms with Crippen molar-refractivity contribution in [2.45, 2.75) is 11.7 Å². The first-order valence-corrected chi connectivity index (χ1v) is 11.2. The number of thioether (sulfide) groups is 1. The van der Waals surface area contributed by atoms with E-state index in [2.05, 4.69) is 27.2 Å². The number of amides is 1. The van der Waals surface area contributed by atoms with Crippen molar-refractivity contribution in [3.8, 4) is 5.69 Å². The number of nitrogens with one attached hydrogen (secondary N) is 1. The van der Waals surface area contributed by atoms with Gasteiger partial charge >= 0.3 is 0 Å². The number of hydrogen-bond donors (Lipinski definition) is 1. The minimum Gasteiger partial charge on any atom is -0.325 e. The number of benzene rings is 2. The molecule has 0 bridgehead atoms. The molecule has 0 saturated carbocycles. The van der Waals surface area contributed by atoms with Crippen molar-refractivity contribution in [1.29, 1.82) is 0 Å². The lowest BCUT2D eigenvalue weighted by atomic mass is 10.2. The minimum absolute atomic E-state index is 0.0121. The lowest BCUT2D eigenvalue weighted by Gasteiger charge is -2.10. The Hall–Kier alpha value is -4.25. The Balaban J connectivity index is 1.38. The van der Waals surface area contributed by atoms with Crippen LogP contribution in [0.1, 0.15) is 0 Å². The summed E-state index contributed by atoms with van der Waals surface area (Å²) in [5.41, 5.74) is 1.07. The molecule has 0 aliphatic heterocycles. The summed E-state index contributed by atoms with van der Waals surface area (Å²) in [6.07, 6.45) is 4.80. The third-order valence-electron chi connectivity index (χ3n) is 5.10. The summed E-state index contributed by atoms with van der Waals surface area (Å²) in [5.74, 6) is -0.470. The maximum atomic E-state index is 14.5. The van der Waals surface area contributed by atoms with E-state index in [9.17, 15) is 14.0 Å². The Morgan fingerprint density at radius 1 is 1.18 bits per heavy atom. The molecule has 34 heavy (non-hydrogen) atoms. The number of fused-ring (bicyclic) bond motifs is 3. The summed E-state index contributed by atoms with van der Waals surface area (Å²) in [6, 6.07) is 13.2. The van der Waals surface area contributed by atoms with Gasteiger partial charge < -0.3 is 5.32 Å². The van der Waals surface area contributed by atoms with Crippen LogP contribution in [-0.2, 0) is 11.3 Å². The average Bonchev–Trinajstić information content (AvgIpc) is 3.51. The summed E-state index contributed by atoms with van der Waals surface area (Å²) in [5, 5.41) is 16.0. The number of aromatic nitrogens is 6. The molecule has 0 atom stereocenters. The van der Waals surface area contributed by atoms with Gasteiger partial charge in [0.25, 0.3) is 5.56 Å². The first-order valence-electron chi connectivity index (χ1n) is 10.3. The van der Waals surface area contributed by atoms with E-state index in [0.717, 1.165) is 0 Å². The van der Waals surface area contributed by atoms with Crippen molar-refractivity contribution in [2.75, 3.05) is 11.1 Å². The van der Waals surface area contributed by atoms with Gasteiger partial charge in [0.15, 0.2) is 11.0 Å². The quantitative estimate of drug-likeness (QED) is 0.287. The number of nitrogens with zero attached hydrogens (tertiary/aromatic N) is 6. The predicted molar refractivity (Wildman–Crippen MR) is 128 cm³/mol. The molecule has 9 nitrogen and oxygen atoms in total. The number of rotatable bonds is 7. The zero-order valence-electron chi connectivity index (χ0n) is 17.8. The van der Waals surface area contributed by atoms with Crippen LogP contribution in [0.3, 0.4) is 0 Å². The van der Waals surface area contributed by atoms with Gasteiger partial charge in [0.05, 0.1) is 16.7 Å². The first-order chi connectivity index (χ1) is 16.6. The van der Waals surface area contributed by atoms with Crippen molar-refractivity contribution in [3.63, 3.8) is 0 Å². The van der Waals surface area contributed by atoms with E-state index in [1.165, 1.54) is 27.1 Å². The van der Waals surface area contributed by atoms with Crippen LogP contribution in [0, 0.1) is 5.82 Å². The molecule has 0 radical (unpaired) electrons. The standard InChI is InChI=1S/C23H18FN7O2S/c1-2-11-29-21(33)16-6-3-4-7-18(16)31-22(29)27-28-23(31)34-14-20(32)26-15-8-9-19(17(24)13-15)30-12-5-10-25-30/h2-10,12-13H,1,11,14H2,(H,26,32). The van der Waals surface area contributed by atoms with E-state index in [4.69, 9.17) is 0 Å². The second kappa shape index (κ2) is 8.94. The van der Waals surface area contributed by atoms with Gasteiger partial charge in [-0.1, -0.05) is 30.0 Å². The summed E-state index contributed by atoms with van der Waals surface area (Å²) < 4.78 is 19.1. The molecule has 5 aromatic rings. The molecule has 3 heterocycles. The zero-order chi connectivity index (χ0) is 23.7. The normalized spacial score (nSPS) is 11.2. The number of carbonyl (C=O) groups is 1. The topological polar surface area (TPSA) is 99.1 Å². The number of halogens is 1. The van der Waals surface area contributed by atoms with E-state index in [-0.39, 0.29) is 29.5 Å². The second-order valence-corrected chi connectivity index (χ2v) is 8.24. The van der Waals surface area contributed by atoms with Crippen LogP contribution in [0.5, 0.6) is 0 Å². The molecule has 1 amide bonds. The van der Waals surface area contributed by atoms with Gasteiger partial charge in [-0.05, 0) is 36.4 Å². The van der Waals surface area contributed by atoms with Crippen molar-refractivity contribution in [1.82, 2.24) is 28.9 Å². The summed E-state index contributed by atoms with van der Waals surface area (Å²) in [7, 11) is 0. The minimum atomic E-state index is -0.510. The van der Waals surface area contributed by atoms with E-state index in [1.807, 2.05) is 6.07 Å². The lowest BCUT2D eigenvalue weighted by molar-refractivity contribution is -0.113. The van der Waals surface area contributed by atoms with Crippen LogP contribution < -0.4 is 10.9 Å². The second-order valence-electron chi connectivity index (χ2n) is 7.29. The largest absolute Gasteiger partial charge is 0.325 e. The Bertz CT molecular complexity index is 1590. The van der Waals surface area contributed by atoms with E-state index < -0.39 is 5.82 Å². The molecule has 0 spiro atoms. The van der Waals surface area contributed by atoms with Crippen LogP contribution in [0.25, 0.3) is 22.4 Å². The summed E-state index contributed by atoms with van der Waals surface area (Å²) in [4.78, 5) is 25.4. The number of para-hydroxylation sites is 1. The third kappa shape index (κ3) is 3.86. The van der Waals surface area contributed by atoms with Crippen LogP contribution in [-0.4, -0.2) is 40.6 Å². The fourth-order valence-corrected chi connectivity index (χ4v) is 4.37. The summed E-state index contributed by atoms with van der Waals surface area (Å²) >= 11 is 1.17. The highest BCUT2D eigenvalue weighted by molar-refractivity contribution is 7.99. The van der Waals surface area contributed by atoms with Gasteiger partial charge in [0.2, 0.25) is 11.7 Å². The molecule has 3 aromatic heterocycles. The fourth-order valence-electron chi connectivity index (χ4n) is 3.63. The molecule has 0 fully saturated rings. The smallest absolute Gasteiger partial charge is 0.263 e.